The predicted molar refractivity (Wildman–Crippen MR) is 105 cm³/mol. The van der Waals surface area contributed by atoms with Gasteiger partial charge < -0.3 is 4.74 Å². The monoisotopic (exact) mass is 340 g/mol. The van der Waals surface area contributed by atoms with Gasteiger partial charge in [-0.05, 0) is 25.2 Å². The Balaban J connectivity index is 3.52. The first-order valence-corrected chi connectivity index (χ1v) is 10.9. The molecular weight excluding hydrogens is 296 g/mol. The standard InChI is InChI=1S/C22H44O2/c1-4-7-9-10-11-12-13-14-16-19-22(23)24-20-21(17-6-3)18-15-8-5-2/h21H,4-20H2,1-3H3. The molecule has 0 aromatic carbocycles. The van der Waals surface area contributed by atoms with Crippen LogP contribution in [-0.4, -0.2) is 12.6 Å². The molecule has 0 aliphatic carbocycles. The van der Waals surface area contributed by atoms with Crippen molar-refractivity contribution in [3.05, 3.63) is 0 Å². The van der Waals surface area contributed by atoms with E-state index in [0.29, 0.717) is 18.9 Å². The van der Waals surface area contributed by atoms with Crippen LogP contribution in [0.4, 0.5) is 0 Å². The lowest BCUT2D eigenvalue weighted by Gasteiger charge is -2.16. The molecule has 0 aliphatic rings. The number of carbonyl (C=O) groups excluding carboxylic acids is 1. The number of hydrogen-bond donors (Lipinski definition) is 0. The van der Waals surface area contributed by atoms with E-state index in [1.54, 1.807) is 0 Å². The summed E-state index contributed by atoms with van der Waals surface area (Å²) in [7, 11) is 0. The Bertz CT molecular complexity index is 263. The Morgan fingerprint density at radius 3 is 1.79 bits per heavy atom. The Hall–Kier alpha value is -0.530. The molecule has 0 aromatic rings. The Kier molecular flexibility index (Phi) is 18.4. The van der Waals surface area contributed by atoms with Crippen molar-refractivity contribution in [1.82, 2.24) is 0 Å². The normalized spacial score (nSPS) is 12.3. The molecule has 0 fully saturated rings. The van der Waals surface area contributed by atoms with Gasteiger partial charge in [0.1, 0.15) is 0 Å². The summed E-state index contributed by atoms with van der Waals surface area (Å²) in [6.07, 6.45) is 19.7. The highest BCUT2D eigenvalue weighted by molar-refractivity contribution is 5.69. The van der Waals surface area contributed by atoms with Gasteiger partial charge in [-0.15, -0.1) is 0 Å². The molecule has 2 heteroatoms. The van der Waals surface area contributed by atoms with Gasteiger partial charge in [-0.3, -0.25) is 4.79 Å². The van der Waals surface area contributed by atoms with Gasteiger partial charge in [0.05, 0.1) is 6.61 Å². The minimum Gasteiger partial charge on any atom is -0.465 e. The summed E-state index contributed by atoms with van der Waals surface area (Å²) in [5, 5.41) is 0. The first-order chi connectivity index (χ1) is 11.7. The van der Waals surface area contributed by atoms with Crippen LogP contribution in [0.15, 0.2) is 0 Å². The number of carbonyl (C=O) groups is 1. The van der Waals surface area contributed by atoms with Crippen molar-refractivity contribution in [3.8, 4) is 0 Å². The summed E-state index contributed by atoms with van der Waals surface area (Å²) in [6.45, 7) is 7.36. The zero-order valence-corrected chi connectivity index (χ0v) is 16.9. The molecule has 0 bridgehead atoms. The molecule has 0 rings (SSSR count). The smallest absolute Gasteiger partial charge is 0.305 e. The molecule has 0 aromatic heterocycles. The molecule has 0 heterocycles. The molecular formula is C22H44O2. The van der Waals surface area contributed by atoms with E-state index < -0.39 is 0 Å². The predicted octanol–water partition coefficient (Wildman–Crippen LogP) is 7.45. The highest BCUT2D eigenvalue weighted by atomic mass is 16.5. The Morgan fingerprint density at radius 2 is 1.21 bits per heavy atom. The summed E-state index contributed by atoms with van der Waals surface area (Å²) >= 11 is 0. The molecule has 1 atom stereocenters. The molecule has 0 saturated heterocycles. The second-order valence-corrected chi connectivity index (χ2v) is 7.41. The molecule has 0 saturated carbocycles. The molecule has 144 valence electrons. The molecule has 0 amide bonds. The first-order valence-electron chi connectivity index (χ1n) is 10.9. The quantitative estimate of drug-likeness (QED) is 0.191. The van der Waals surface area contributed by atoms with Crippen LogP contribution in [0.3, 0.4) is 0 Å². The van der Waals surface area contributed by atoms with Crippen molar-refractivity contribution < 1.29 is 9.53 Å². The lowest BCUT2D eigenvalue weighted by atomic mass is 9.97. The minimum atomic E-state index is 0.0227. The lowest BCUT2D eigenvalue weighted by molar-refractivity contribution is -0.145. The van der Waals surface area contributed by atoms with Crippen LogP contribution < -0.4 is 0 Å². The van der Waals surface area contributed by atoms with Gasteiger partial charge in [0.2, 0.25) is 0 Å². The van der Waals surface area contributed by atoms with Crippen LogP contribution in [0.1, 0.15) is 124 Å². The molecule has 24 heavy (non-hydrogen) atoms. The lowest BCUT2D eigenvalue weighted by Crippen LogP contribution is -2.14. The van der Waals surface area contributed by atoms with Crippen molar-refractivity contribution >= 4 is 5.97 Å². The topological polar surface area (TPSA) is 26.3 Å². The van der Waals surface area contributed by atoms with Crippen LogP contribution in [0.25, 0.3) is 0 Å². The van der Waals surface area contributed by atoms with Crippen LogP contribution >= 0.6 is 0 Å². The van der Waals surface area contributed by atoms with Crippen molar-refractivity contribution in [1.29, 1.82) is 0 Å². The fraction of sp³-hybridized carbons (Fsp3) is 0.955. The van der Waals surface area contributed by atoms with Crippen molar-refractivity contribution in [2.45, 2.75) is 124 Å². The van der Waals surface area contributed by atoms with Crippen LogP contribution in [0, 0.1) is 5.92 Å². The molecule has 0 spiro atoms. The SMILES string of the molecule is CCCCCCCCCCCC(=O)OCC(CCC)CCCCC. The fourth-order valence-electron chi connectivity index (χ4n) is 3.27. The van der Waals surface area contributed by atoms with E-state index in [9.17, 15) is 4.79 Å². The molecule has 0 N–H and O–H groups in total. The Labute approximate surface area is 152 Å². The van der Waals surface area contributed by atoms with Crippen molar-refractivity contribution in [2.24, 2.45) is 5.92 Å². The maximum atomic E-state index is 11.9. The second-order valence-electron chi connectivity index (χ2n) is 7.41. The van der Waals surface area contributed by atoms with Gasteiger partial charge in [-0.1, -0.05) is 97.8 Å². The van der Waals surface area contributed by atoms with E-state index in [2.05, 4.69) is 20.8 Å². The Morgan fingerprint density at radius 1 is 0.667 bits per heavy atom. The van der Waals surface area contributed by atoms with Crippen molar-refractivity contribution in [2.75, 3.05) is 6.61 Å². The summed E-state index contributed by atoms with van der Waals surface area (Å²) in [6, 6.07) is 0. The highest BCUT2D eigenvalue weighted by Crippen LogP contribution is 2.17. The van der Waals surface area contributed by atoms with Gasteiger partial charge in [0.25, 0.3) is 0 Å². The van der Waals surface area contributed by atoms with Gasteiger partial charge >= 0.3 is 5.97 Å². The van der Waals surface area contributed by atoms with Gasteiger partial charge in [-0.2, -0.15) is 0 Å². The maximum Gasteiger partial charge on any atom is 0.305 e. The molecule has 1 unspecified atom stereocenters. The molecule has 0 radical (unpaired) electrons. The van der Waals surface area contributed by atoms with E-state index in [1.807, 2.05) is 0 Å². The second kappa shape index (κ2) is 18.8. The van der Waals surface area contributed by atoms with Gasteiger partial charge in [-0.25, -0.2) is 0 Å². The molecule has 2 nitrogen and oxygen atoms in total. The van der Waals surface area contributed by atoms with E-state index >= 15 is 0 Å². The van der Waals surface area contributed by atoms with E-state index in [1.165, 1.54) is 89.9 Å². The number of ether oxygens (including phenoxy) is 1. The zero-order valence-electron chi connectivity index (χ0n) is 16.9. The molecule has 0 aliphatic heterocycles. The third kappa shape index (κ3) is 16.3. The maximum absolute atomic E-state index is 11.9. The van der Waals surface area contributed by atoms with Crippen molar-refractivity contribution in [3.63, 3.8) is 0 Å². The van der Waals surface area contributed by atoms with Crippen LogP contribution in [0.5, 0.6) is 0 Å². The number of unbranched alkanes of at least 4 members (excludes halogenated alkanes) is 10. The van der Waals surface area contributed by atoms with Gasteiger partial charge in [0, 0.05) is 6.42 Å². The largest absolute Gasteiger partial charge is 0.465 e. The van der Waals surface area contributed by atoms with Crippen LogP contribution in [0.2, 0.25) is 0 Å². The first kappa shape index (κ1) is 23.5. The summed E-state index contributed by atoms with van der Waals surface area (Å²) in [5.74, 6) is 0.600. The van der Waals surface area contributed by atoms with Crippen LogP contribution in [-0.2, 0) is 9.53 Å². The summed E-state index contributed by atoms with van der Waals surface area (Å²) in [4.78, 5) is 11.9. The van der Waals surface area contributed by atoms with E-state index in [-0.39, 0.29) is 5.97 Å². The summed E-state index contributed by atoms with van der Waals surface area (Å²) in [5.41, 5.74) is 0. The van der Waals surface area contributed by atoms with E-state index in [0.717, 1.165) is 6.42 Å². The minimum absolute atomic E-state index is 0.0227. The number of esters is 1. The third-order valence-corrected chi connectivity index (χ3v) is 4.88. The third-order valence-electron chi connectivity index (χ3n) is 4.88. The average Bonchev–Trinajstić information content (AvgIpc) is 2.58. The van der Waals surface area contributed by atoms with Gasteiger partial charge in [0.15, 0.2) is 0 Å². The number of hydrogen-bond acceptors (Lipinski definition) is 2. The van der Waals surface area contributed by atoms with E-state index in [4.69, 9.17) is 4.74 Å². The zero-order chi connectivity index (χ0) is 17.9. The summed E-state index contributed by atoms with van der Waals surface area (Å²) < 4.78 is 5.52. The fourth-order valence-corrected chi connectivity index (χ4v) is 3.27. The average molecular weight is 341 g/mol. The number of rotatable bonds is 18. The highest BCUT2D eigenvalue weighted by Gasteiger charge is 2.11.